The first-order valence-corrected chi connectivity index (χ1v) is 10.1. The van der Waals surface area contributed by atoms with Gasteiger partial charge in [-0.25, -0.2) is 23.8 Å². The van der Waals surface area contributed by atoms with Crippen LogP contribution < -0.4 is 5.43 Å². The predicted molar refractivity (Wildman–Crippen MR) is 113 cm³/mol. The van der Waals surface area contributed by atoms with E-state index in [9.17, 15) is 8.78 Å². The van der Waals surface area contributed by atoms with Crippen molar-refractivity contribution >= 4 is 27.6 Å². The third-order valence-corrected chi connectivity index (χ3v) is 5.63. The fraction of sp³-hybridized carbons (Fsp3) is 0.273. The van der Waals surface area contributed by atoms with Crippen LogP contribution in [0.15, 0.2) is 48.9 Å². The largest absolute Gasteiger partial charge is 0.352 e. The highest BCUT2D eigenvalue weighted by Crippen LogP contribution is 2.30. The summed E-state index contributed by atoms with van der Waals surface area (Å²) in [4.78, 5) is 14.2. The lowest BCUT2D eigenvalue weighted by molar-refractivity contribution is 0.154. The van der Waals surface area contributed by atoms with Crippen LogP contribution in [-0.2, 0) is 6.42 Å². The van der Waals surface area contributed by atoms with Crippen LogP contribution in [-0.4, -0.2) is 57.6 Å². The van der Waals surface area contributed by atoms with E-state index in [-0.39, 0.29) is 0 Å². The zero-order valence-corrected chi connectivity index (χ0v) is 16.4. The van der Waals surface area contributed by atoms with E-state index >= 15 is 0 Å². The summed E-state index contributed by atoms with van der Waals surface area (Å²) in [6.07, 6.45) is 4.06. The Morgan fingerprint density at radius 1 is 1.00 bits per heavy atom. The zero-order valence-electron chi connectivity index (χ0n) is 16.4. The Bertz CT molecular complexity index is 1180. The number of hydrazine groups is 1. The number of H-pyrrole nitrogens is 1. The molecule has 0 radical (unpaired) electrons. The van der Waals surface area contributed by atoms with Crippen molar-refractivity contribution in [3.63, 3.8) is 0 Å². The molecule has 0 unspecified atom stereocenters. The van der Waals surface area contributed by atoms with Crippen LogP contribution in [0.5, 0.6) is 0 Å². The van der Waals surface area contributed by atoms with Gasteiger partial charge in [0, 0.05) is 32.7 Å². The van der Waals surface area contributed by atoms with E-state index in [1.165, 1.54) is 12.1 Å². The minimum absolute atomic E-state index is 0.707. The van der Waals surface area contributed by atoms with Crippen molar-refractivity contribution in [2.45, 2.75) is 6.42 Å². The Morgan fingerprint density at radius 2 is 1.87 bits per heavy atom. The maximum atomic E-state index is 13.4. The van der Waals surface area contributed by atoms with Crippen LogP contribution >= 0.6 is 0 Å². The van der Waals surface area contributed by atoms with Gasteiger partial charge in [0.25, 0.3) is 0 Å². The number of hydrogen-bond donors (Lipinski definition) is 2. The second-order valence-corrected chi connectivity index (χ2v) is 7.58. The van der Waals surface area contributed by atoms with E-state index in [1.54, 1.807) is 18.6 Å². The SMILES string of the molecule is Fc1ccc(CCN2CCN(Nc3cccc4[nH]c5cncnc5c34)CC2)cc1F. The number of fused-ring (bicyclic) bond motifs is 3. The first-order chi connectivity index (χ1) is 14.7. The number of anilines is 1. The Hall–Kier alpha value is -3.10. The fourth-order valence-electron chi connectivity index (χ4n) is 4.01. The fourth-order valence-corrected chi connectivity index (χ4v) is 4.01. The summed E-state index contributed by atoms with van der Waals surface area (Å²) in [5.74, 6) is -1.58. The summed E-state index contributed by atoms with van der Waals surface area (Å²) in [7, 11) is 0. The van der Waals surface area contributed by atoms with Gasteiger partial charge in [-0.15, -0.1) is 0 Å². The lowest BCUT2D eigenvalue weighted by atomic mass is 10.1. The van der Waals surface area contributed by atoms with Crippen molar-refractivity contribution in [2.75, 3.05) is 38.1 Å². The van der Waals surface area contributed by atoms with Crippen LogP contribution in [0.3, 0.4) is 0 Å². The molecule has 154 valence electrons. The van der Waals surface area contributed by atoms with Gasteiger partial charge in [0.2, 0.25) is 0 Å². The number of piperazine rings is 1. The molecule has 0 saturated carbocycles. The van der Waals surface area contributed by atoms with Gasteiger partial charge in [-0.3, -0.25) is 0 Å². The van der Waals surface area contributed by atoms with Gasteiger partial charge in [-0.1, -0.05) is 12.1 Å². The molecule has 1 fully saturated rings. The number of hydrogen-bond acceptors (Lipinski definition) is 5. The van der Waals surface area contributed by atoms with Crippen LogP contribution in [0, 0.1) is 11.6 Å². The van der Waals surface area contributed by atoms with Gasteiger partial charge in [0.15, 0.2) is 11.6 Å². The highest BCUT2D eigenvalue weighted by Gasteiger charge is 2.18. The maximum Gasteiger partial charge on any atom is 0.159 e. The molecule has 1 aliphatic rings. The third-order valence-electron chi connectivity index (χ3n) is 5.63. The molecule has 2 aromatic heterocycles. The summed E-state index contributed by atoms with van der Waals surface area (Å²) in [5, 5.41) is 3.28. The summed E-state index contributed by atoms with van der Waals surface area (Å²) in [5.41, 5.74) is 8.25. The van der Waals surface area contributed by atoms with Crippen molar-refractivity contribution in [1.29, 1.82) is 0 Å². The number of rotatable bonds is 5. The molecule has 8 heteroatoms. The van der Waals surface area contributed by atoms with Gasteiger partial charge < -0.3 is 15.3 Å². The lowest BCUT2D eigenvalue weighted by Gasteiger charge is -2.35. The van der Waals surface area contributed by atoms with Crippen LogP contribution in [0.4, 0.5) is 14.5 Å². The van der Waals surface area contributed by atoms with Crippen LogP contribution in [0.1, 0.15) is 5.56 Å². The van der Waals surface area contributed by atoms with Gasteiger partial charge in [-0.2, -0.15) is 0 Å². The quantitative estimate of drug-likeness (QED) is 0.529. The molecule has 2 N–H and O–H groups in total. The summed E-state index contributed by atoms with van der Waals surface area (Å²) >= 11 is 0. The lowest BCUT2D eigenvalue weighted by Crippen LogP contribution is -2.49. The molecule has 6 nitrogen and oxygen atoms in total. The van der Waals surface area contributed by atoms with Crippen molar-refractivity contribution in [1.82, 2.24) is 24.9 Å². The van der Waals surface area contributed by atoms with E-state index in [4.69, 9.17) is 0 Å². The zero-order chi connectivity index (χ0) is 20.5. The molecule has 0 amide bonds. The third kappa shape index (κ3) is 3.71. The van der Waals surface area contributed by atoms with Gasteiger partial charge in [-0.05, 0) is 36.2 Å². The Morgan fingerprint density at radius 3 is 2.70 bits per heavy atom. The number of nitrogens with zero attached hydrogens (tertiary/aromatic N) is 4. The van der Waals surface area contributed by atoms with E-state index in [0.717, 1.165) is 65.9 Å². The number of nitrogens with one attached hydrogen (secondary N) is 2. The standard InChI is InChI=1S/C22H22F2N6/c23-16-5-4-15(12-17(16)24)6-7-29-8-10-30(11-9-29)28-19-3-1-2-18-21(19)22-20(27-18)13-25-14-26-22/h1-5,12-14,27-28H,6-11H2. The molecule has 1 aliphatic heterocycles. The average Bonchev–Trinajstić information content (AvgIpc) is 3.15. The van der Waals surface area contributed by atoms with Crippen LogP contribution in [0.2, 0.25) is 0 Å². The number of benzene rings is 2. The average molecular weight is 408 g/mol. The maximum absolute atomic E-state index is 13.4. The molecule has 0 bridgehead atoms. The molecule has 1 saturated heterocycles. The molecular weight excluding hydrogens is 386 g/mol. The normalized spacial score (nSPS) is 15.8. The highest BCUT2D eigenvalue weighted by molar-refractivity contribution is 6.11. The molecule has 0 spiro atoms. The van der Waals surface area contributed by atoms with Gasteiger partial charge in [0.1, 0.15) is 11.8 Å². The molecule has 5 rings (SSSR count). The number of aromatic amines is 1. The second-order valence-electron chi connectivity index (χ2n) is 7.58. The molecule has 2 aromatic carbocycles. The van der Waals surface area contributed by atoms with Gasteiger partial charge in [0.05, 0.1) is 28.3 Å². The van der Waals surface area contributed by atoms with Crippen molar-refractivity contribution < 1.29 is 8.78 Å². The van der Waals surface area contributed by atoms with E-state index in [2.05, 4.69) is 36.4 Å². The number of halogens is 2. The first-order valence-electron chi connectivity index (χ1n) is 10.1. The molecule has 4 aromatic rings. The molecule has 3 heterocycles. The van der Waals surface area contributed by atoms with Crippen molar-refractivity contribution in [2.24, 2.45) is 0 Å². The minimum atomic E-state index is -0.796. The number of aromatic nitrogens is 3. The van der Waals surface area contributed by atoms with Crippen molar-refractivity contribution in [3.05, 3.63) is 66.1 Å². The molecule has 0 atom stereocenters. The Balaban J connectivity index is 1.22. The smallest absolute Gasteiger partial charge is 0.159 e. The van der Waals surface area contributed by atoms with Gasteiger partial charge >= 0.3 is 0 Å². The summed E-state index contributed by atoms with van der Waals surface area (Å²) in [6, 6.07) is 10.3. The summed E-state index contributed by atoms with van der Waals surface area (Å²) in [6.45, 7) is 4.37. The Labute approximate surface area is 172 Å². The Kier molecular flexibility index (Phi) is 5.02. The topological polar surface area (TPSA) is 60.1 Å². The van der Waals surface area contributed by atoms with E-state index < -0.39 is 11.6 Å². The highest BCUT2D eigenvalue weighted by atomic mass is 19.2. The predicted octanol–water partition coefficient (Wildman–Crippen LogP) is 3.58. The molecule has 0 aliphatic carbocycles. The first kappa shape index (κ1) is 18.9. The van der Waals surface area contributed by atoms with E-state index in [0.29, 0.717) is 6.42 Å². The molecular formula is C22H22F2N6. The summed E-state index contributed by atoms with van der Waals surface area (Å²) < 4.78 is 26.4. The van der Waals surface area contributed by atoms with E-state index in [1.807, 2.05) is 12.1 Å². The minimum Gasteiger partial charge on any atom is -0.352 e. The van der Waals surface area contributed by atoms with Crippen molar-refractivity contribution in [3.8, 4) is 0 Å². The molecule has 30 heavy (non-hydrogen) atoms. The van der Waals surface area contributed by atoms with Crippen LogP contribution in [0.25, 0.3) is 21.9 Å². The second kappa shape index (κ2) is 7.97. The monoisotopic (exact) mass is 408 g/mol.